The monoisotopic (exact) mass is 1130 g/mol. The van der Waals surface area contributed by atoms with Crippen molar-refractivity contribution in [2.24, 2.45) is 23.7 Å². The maximum atomic E-state index is 12.5. The van der Waals surface area contributed by atoms with Gasteiger partial charge in [0.15, 0.2) is 0 Å². The van der Waals surface area contributed by atoms with Crippen molar-refractivity contribution in [3.8, 4) is 0 Å². The first-order valence-corrected chi connectivity index (χ1v) is 28.7. The SMILES string of the molecule is C.C.CC(C)(C)OC(=O)N1CCC(=O)[C@@H]2CN(Cc3ccccc3)C[C@@H]21.CC(C)(C)OC(=O)N1CCC(O)[C@@H]2CN(Cc3ccccc3)C[C@@H]21.CN1CCC(O)[C@@H]2CN(Cc3ccccc3)C[C@@H]21.CN1CCC(O)[C@@H]2CNC[C@@H]21.[B].[H-].[Na+]. The Kier molecular flexibility index (Phi) is 27.4. The largest absolute Gasteiger partial charge is 1.00 e. The Hall–Kier alpha value is -3.43. The number of nitrogens with zero attached hydrogens (tertiary/aromatic N) is 7. The second-order valence-electron chi connectivity index (χ2n) is 25.2. The van der Waals surface area contributed by atoms with Crippen molar-refractivity contribution in [2.45, 2.75) is 155 Å². The van der Waals surface area contributed by atoms with Gasteiger partial charge in [-0.2, -0.15) is 0 Å². The Morgan fingerprint density at radius 3 is 1.36 bits per heavy atom. The first-order chi connectivity index (χ1) is 36.7. The summed E-state index contributed by atoms with van der Waals surface area (Å²) in [7, 11) is 4.34. The molecule has 445 valence electrons. The number of aliphatic hydroxyl groups excluding tert-OH is 3. The molecule has 8 aliphatic rings. The first kappa shape index (κ1) is 70.1. The van der Waals surface area contributed by atoms with Crippen LogP contribution >= 0.6 is 0 Å². The first-order valence-electron chi connectivity index (χ1n) is 28.7. The van der Waals surface area contributed by atoms with Crippen LogP contribution in [0.3, 0.4) is 0 Å². The molecule has 3 aromatic rings. The maximum absolute atomic E-state index is 12.5. The molecule has 3 unspecified atom stereocenters. The maximum Gasteiger partial charge on any atom is 1.00 e. The number of carbonyl (C=O) groups is 3. The number of piperidine rings is 4. The molecule has 18 heteroatoms. The van der Waals surface area contributed by atoms with E-state index in [2.05, 4.69) is 98.5 Å². The van der Waals surface area contributed by atoms with E-state index >= 15 is 0 Å². The molecule has 2 amide bonds. The molecule has 4 N–H and O–H groups in total. The third-order valence-electron chi connectivity index (χ3n) is 17.1. The van der Waals surface area contributed by atoms with Gasteiger partial charge in [-0.25, -0.2) is 9.59 Å². The third kappa shape index (κ3) is 19.3. The van der Waals surface area contributed by atoms with Gasteiger partial charge < -0.3 is 51.1 Å². The van der Waals surface area contributed by atoms with Crippen LogP contribution in [0.25, 0.3) is 0 Å². The molecule has 0 bridgehead atoms. The molecule has 3 radical (unpaired) electrons. The number of likely N-dealkylation sites (N-methyl/N-ethyl adjacent to an activating group) is 2. The van der Waals surface area contributed by atoms with Gasteiger partial charge in [0.2, 0.25) is 0 Å². The quantitative estimate of drug-likeness (QED) is 0.265. The van der Waals surface area contributed by atoms with E-state index < -0.39 is 11.2 Å². The zero-order valence-electron chi connectivity index (χ0n) is 50.0. The van der Waals surface area contributed by atoms with Crippen LogP contribution in [0.15, 0.2) is 91.0 Å². The molecule has 0 spiro atoms. The number of hydrogen-bond donors (Lipinski definition) is 4. The number of Topliss-reactive ketones (excluding diaryl/α,β-unsaturated/α-hetero) is 1. The van der Waals surface area contributed by atoms with Crippen LogP contribution < -0.4 is 34.9 Å². The molecule has 11 rings (SSSR count). The van der Waals surface area contributed by atoms with Gasteiger partial charge in [-0.1, -0.05) is 106 Å². The fraction of sp³-hybridized carbons (Fsp3) is 0.667. The van der Waals surface area contributed by atoms with Crippen LogP contribution in [0.1, 0.15) is 100 Å². The molecule has 8 aliphatic heterocycles. The minimum atomic E-state index is -0.517. The van der Waals surface area contributed by atoms with Crippen LogP contribution in [0.5, 0.6) is 0 Å². The minimum absolute atomic E-state index is 0. The normalized spacial score (nSPS) is 29.3. The average Bonchev–Trinajstić information content (AvgIpc) is 4.35. The van der Waals surface area contributed by atoms with Crippen molar-refractivity contribution in [3.63, 3.8) is 0 Å². The Labute approximate surface area is 512 Å². The van der Waals surface area contributed by atoms with Gasteiger partial charge >= 0.3 is 41.7 Å². The smallest absolute Gasteiger partial charge is 1.00 e. The second kappa shape index (κ2) is 31.6. The average molecular weight is 1130 g/mol. The van der Waals surface area contributed by atoms with Crippen molar-refractivity contribution < 1.29 is 70.2 Å². The predicted octanol–water partition coefficient (Wildman–Crippen LogP) is 3.65. The number of likely N-dealkylation sites (tertiary alicyclic amines) is 7. The fourth-order valence-corrected chi connectivity index (χ4v) is 13.1. The predicted molar refractivity (Wildman–Crippen MR) is 320 cm³/mol. The van der Waals surface area contributed by atoms with Gasteiger partial charge in [-0.05, 0) is 91.6 Å². The fourth-order valence-electron chi connectivity index (χ4n) is 13.1. The molecule has 8 heterocycles. The topological polar surface area (TPSA) is 165 Å². The van der Waals surface area contributed by atoms with E-state index in [1.807, 2.05) is 82.8 Å². The van der Waals surface area contributed by atoms with Crippen molar-refractivity contribution in [1.82, 2.24) is 39.6 Å². The molecule has 16 nitrogen and oxygen atoms in total. The van der Waals surface area contributed by atoms with Crippen LogP contribution in [0.4, 0.5) is 9.59 Å². The number of fused-ring (bicyclic) bond motifs is 4. The Morgan fingerprint density at radius 2 is 0.914 bits per heavy atom. The van der Waals surface area contributed by atoms with Crippen molar-refractivity contribution >= 4 is 26.4 Å². The second-order valence-corrected chi connectivity index (χ2v) is 25.2. The number of carbonyl (C=O) groups excluding carboxylic acids is 3. The van der Waals surface area contributed by atoms with Crippen LogP contribution in [0, 0.1) is 23.7 Å². The zero-order chi connectivity index (χ0) is 55.0. The summed E-state index contributed by atoms with van der Waals surface area (Å²) in [5, 5.41) is 33.5. The minimum Gasteiger partial charge on any atom is -1.00 e. The number of nitrogens with one attached hydrogen (secondary N) is 1. The Morgan fingerprint density at radius 1 is 0.531 bits per heavy atom. The molecule has 8 fully saturated rings. The molecule has 0 aliphatic carbocycles. The number of hydrogen-bond acceptors (Lipinski definition) is 14. The number of amides is 2. The van der Waals surface area contributed by atoms with Gasteiger partial charge in [-0.15, -0.1) is 0 Å². The van der Waals surface area contributed by atoms with E-state index in [-0.39, 0.29) is 114 Å². The van der Waals surface area contributed by atoms with E-state index in [0.717, 1.165) is 97.9 Å². The summed E-state index contributed by atoms with van der Waals surface area (Å²) in [5.74, 6) is 1.21. The van der Waals surface area contributed by atoms with Crippen molar-refractivity contribution in [3.05, 3.63) is 108 Å². The molecule has 3 aromatic carbocycles. The summed E-state index contributed by atoms with van der Waals surface area (Å²) < 4.78 is 11.1. The molecule has 81 heavy (non-hydrogen) atoms. The van der Waals surface area contributed by atoms with E-state index in [1.165, 1.54) is 16.7 Å². The van der Waals surface area contributed by atoms with E-state index in [0.29, 0.717) is 49.9 Å². The summed E-state index contributed by atoms with van der Waals surface area (Å²) in [6, 6.07) is 32.3. The number of rotatable bonds is 6. The van der Waals surface area contributed by atoms with Gasteiger partial charge in [0.25, 0.3) is 0 Å². The molecule has 0 aromatic heterocycles. The number of ketones is 1. The van der Waals surface area contributed by atoms with Gasteiger partial charge in [-0.3, -0.25) is 19.5 Å². The summed E-state index contributed by atoms with van der Waals surface area (Å²) in [5.41, 5.74) is 2.84. The zero-order valence-corrected chi connectivity index (χ0v) is 51.0. The summed E-state index contributed by atoms with van der Waals surface area (Å²) in [4.78, 5) is 52.8. The molecular formula is C63H101BN8NaO8. The molecule has 8 saturated heterocycles. The van der Waals surface area contributed by atoms with E-state index in [1.54, 1.807) is 4.90 Å². The summed E-state index contributed by atoms with van der Waals surface area (Å²) in [6.45, 7) is 24.3. The number of ether oxygens (including phenoxy) is 2. The third-order valence-corrected chi connectivity index (χ3v) is 17.1. The molecular weight excluding hydrogens is 1030 g/mol. The summed E-state index contributed by atoms with van der Waals surface area (Å²) in [6.07, 6.45) is 1.86. The van der Waals surface area contributed by atoms with Crippen molar-refractivity contribution in [1.29, 1.82) is 0 Å². The standard InChI is InChI=1S/C19H28N2O3.C19H26N2O3.C15H22N2O.C8H16N2O.2CH4.B.Na.H/c2*1-19(2,3)24-18(23)21-10-9-17(22)15-12-20(13-16(15)21)11-14-7-5-4-6-8-14;1-16-8-7-15(18)13-10-17(11-14(13)16)9-12-5-3-2-4-6-12;1-10-3-2-8(11)6-4-9-5-7(6)10;;;;;/h4-8,15-17,22H,9-13H2,1-3H3;4-8,15-16H,9-13H2,1-3H3;2-6,13-15,18H,7-11H2,1H3;6-9,11H,2-5H2,1H3;2*1H4;;;/q;;;;;;;+1;-1/t15-,16+,17?;15-,16+;13-,14+,15?;6-,7+,8?;;;;;/m1111...../s1. The van der Waals surface area contributed by atoms with Crippen molar-refractivity contribution in [2.75, 3.05) is 92.6 Å². The van der Waals surface area contributed by atoms with Gasteiger partial charge in [0.05, 0.1) is 36.3 Å². The van der Waals surface area contributed by atoms with Crippen LogP contribution in [-0.4, -0.2) is 222 Å². The van der Waals surface area contributed by atoms with Crippen LogP contribution in [-0.2, 0) is 33.9 Å². The van der Waals surface area contributed by atoms with Gasteiger partial charge in [0, 0.05) is 143 Å². The van der Waals surface area contributed by atoms with Gasteiger partial charge in [0.1, 0.15) is 17.0 Å². The van der Waals surface area contributed by atoms with E-state index in [4.69, 9.17) is 9.47 Å². The Balaban J connectivity index is 0.000000289. The molecule has 11 atom stereocenters. The number of aliphatic hydroxyl groups is 3. The number of benzene rings is 3. The van der Waals surface area contributed by atoms with E-state index in [9.17, 15) is 29.7 Å². The Bertz CT molecular complexity index is 2330. The molecule has 0 saturated carbocycles. The van der Waals surface area contributed by atoms with Crippen LogP contribution in [0.2, 0.25) is 0 Å². The summed E-state index contributed by atoms with van der Waals surface area (Å²) >= 11 is 0.